The summed E-state index contributed by atoms with van der Waals surface area (Å²) in [6.07, 6.45) is 3.49. The molecular weight excluding hydrogens is 212 g/mol. The van der Waals surface area contributed by atoms with Crippen LogP contribution in [0.1, 0.15) is 20.3 Å². The van der Waals surface area contributed by atoms with Gasteiger partial charge >= 0.3 is 0 Å². The third-order valence-corrected chi connectivity index (χ3v) is 3.98. The molecule has 0 amide bonds. The van der Waals surface area contributed by atoms with E-state index in [0.717, 1.165) is 24.5 Å². The van der Waals surface area contributed by atoms with Gasteiger partial charge in [-0.25, -0.2) is 0 Å². The van der Waals surface area contributed by atoms with Crippen LogP contribution in [-0.4, -0.2) is 35.7 Å². The van der Waals surface area contributed by atoms with Crippen LogP contribution < -0.4 is 0 Å². The van der Waals surface area contributed by atoms with Crippen molar-refractivity contribution in [2.45, 2.75) is 26.4 Å². The fourth-order valence-corrected chi connectivity index (χ4v) is 2.51. The summed E-state index contributed by atoms with van der Waals surface area (Å²) in [6, 6.07) is 0. The average molecular weight is 234 g/mol. The van der Waals surface area contributed by atoms with Gasteiger partial charge in [0.05, 0.1) is 12.7 Å². The molecule has 0 aromatic heterocycles. The SMILES string of the molecule is C=CCSCCSCCOC(C)CC. The highest BCUT2D eigenvalue weighted by molar-refractivity contribution is 8.03. The lowest BCUT2D eigenvalue weighted by Crippen LogP contribution is -2.09. The summed E-state index contributed by atoms with van der Waals surface area (Å²) in [5.41, 5.74) is 0. The van der Waals surface area contributed by atoms with E-state index in [1.807, 2.05) is 29.6 Å². The molecule has 1 atom stereocenters. The molecule has 0 aliphatic heterocycles. The molecule has 0 saturated heterocycles. The summed E-state index contributed by atoms with van der Waals surface area (Å²) in [5, 5.41) is 0. The van der Waals surface area contributed by atoms with E-state index in [2.05, 4.69) is 20.4 Å². The van der Waals surface area contributed by atoms with Gasteiger partial charge < -0.3 is 4.74 Å². The van der Waals surface area contributed by atoms with E-state index in [-0.39, 0.29) is 0 Å². The molecule has 0 N–H and O–H groups in total. The normalized spacial score (nSPS) is 12.7. The molecule has 1 nitrogen and oxygen atoms in total. The second-order valence-electron chi connectivity index (χ2n) is 3.07. The van der Waals surface area contributed by atoms with Crippen molar-refractivity contribution >= 4 is 23.5 Å². The van der Waals surface area contributed by atoms with Crippen LogP contribution in [0.5, 0.6) is 0 Å². The second kappa shape index (κ2) is 11.5. The predicted octanol–water partition coefficient (Wildman–Crippen LogP) is 3.45. The van der Waals surface area contributed by atoms with Gasteiger partial charge in [0.2, 0.25) is 0 Å². The molecule has 0 aromatic carbocycles. The van der Waals surface area contributed by atoms with Gasteiger partial charge in [-0.3, -0.25) is 0 Å². The zero-order valence-corrected chi connectivity index (χ0v) is 11.0. The first-order valence-electron chi connectivity index (χ1n) is 5.19. The molecule has 0 fully saturated rings. The van der Waals surface area contributed by atoms with Crippen LogP contribution in [-0.2, 0) is 4.74 Å². The minimum absolute atomic E-state index is 0.422. The Morgan fingerprint density at radius 3 is 2.64 bits per heavy atom. The maximum atomic E-state index is 5.58. The molecule has 0 aliphatic rings. The minimum atomic E-state index is 0.422. The monoisotopic (exact) mass is 234 g/mol. The van der Waals surface area contributed by atoms with Gasteiger partial charge in [-0.2, -0.15) is 23.5 Å². The number of rotatable bonds is 10. The molecule has 0 aliphatic carbocycles. The largest absolute Gasteiger partial charge is 0.378 e. The first-order valence-corrected chi connectivity index (χ1v) is 7.50. The Morgan fingerprint density at radius 2 is 2.00 bits per heavy atom. The maximum Gasteiger partial charge on any atom is 0.0560 e. The molecule has 0 aromatic rings. The first-order chi connectivity index (χ1) is 6.81. The Kier molecular flexibility index (Phi) is 11.8. The van der Waals surface area contributed by atoms with Gasteiger partial charge in [0.25, 0.3) is 0 Å². The summed E-state index contributed by atoms with van der Waals surface area (Å²) < 4.78 is 5.58. The summed E-state index contributed by atoms with van der Waals surface area (Å²) in [4.78, 5) is 0. The molecule has 3 heteroatoms. The molecule has 1 unspecified atom stereocenters. The first kappa shape index (κ1) is 14.4. The van der Waals surface area contributed by atoms with E-state index >= 15 is 0 Å². The van der Waals surface area contributed by atoms with Gasteiger partial charge in [0, 0.05) is 23.0 Å². The molecule has 84 valence electrons. The van der Waals surface area contributed by atoms with Crippen molar-refractivity contribution in [3.8, 4) is 0 Å². The Morgan fingerprint density at radius 1 is 1.29 bits per heavy atom. The number of hydrogen-bond donors (Lipinski definition) is 0. The standard InChI is InChI=1S/C11H22OS2/c1-4-7-13-9-10-14-8-6-12-11(3)5-2/h4,11H,1,5-10H2,2-3H3. The lowest BCUT2D eigenvalue weighted by atomic mass is 10.3. The van der Waals surface area contributed by atoms with E-state index in [1.54, 1.807) is 0 Å². The van der Waals surface area contributed by atoms with Crippen molar-refractivity contribution in [1.82, 2.24) is 0 Å². The van der Waals surface area contributed by atoms with Crippen molar-refractivity contribution < 1.29 is 4.74 Å². The number of hydrogen-bond acceptors (Lipinski definition) is 3. The molecule has 0 bridgehead atoms. The third-order valence-electron chi connectivity index (χ3n) is 1.81. The fourth-order valence-electron chi connectivity index (χ4n) is 0.813. The molecule has 0 radical (unpaired) electrons. The highest BCUT2D eigenvalue weighted by Crippen LogP contribution is 2.07. The van der Waals surface area contributed by atoms with Crippen LogP contribution in [0.2, 0.25) is 0 Å². The van der Waals surface area contributed by atoms with Gasteiger partial charge in [0.1, 0.15) is 0 Å². The van der Waals surface area contributed by atoms with Crippen LogP contribution >= 0.6 is 23.5 Å². The van der Waals surface area contributed by atoms with Crippen LogP contribution in [0.4, 0.5) is 0 Å². The molecule has 0 spiro atoms. The Balaban J connectivity index is 2.95. The van der Waals surface area contributed by atoms with Crippen molar-refractivity contribution in [1.29, 1.82) is 0 Å². The Hall–Kier alpha value is 0.400. The van der Waals surface area contributed by atoms with E-state index in [0.29, 0.717) is 6.10 Å². The van der Waals surface area contributed by atoms with Crippen molar-refractivity contribution in [3.63, 3.8) is 0 Å². The van der Waals surface area contributed by atoms with Crippen LogP contribution in [0.25, 0.3) is 0 Å². The summed E-state index contributed by atoms with van der Waals surface area (Å²) in [7, 11) is 0. The van der Waals surface area contributed by atoms with Crippen LogP contribution in [0.3, 0.4) is 0 Å². The molecule has 0 saturated carbocycles. The quantitative estimate of drug-likeness (QED) is 0.423. The average Bonchev–Trinajstić information content (AvgIpc) is 2.21. The topological polar surface area (TPSA) is 9.23 Å². The van der Waals surface area contributed by atoms with Gasteiger partial charge in [0.15, 0.2) is 0 Å². The number of ether oxygens (including phenoxy) is 1. The zero-order chi connectivity index (χ0) is 10.6. The number of thioether (sulfide) groups is 2. The third kappa shape index (κ3) is 10.5. The predicted molar refractivity (Wildman–Crippen MR) is 70.6 cm³/mol. The molecule has 0 rings (SSSR count). The highest BCUT2D eigenvalue weighted by Gasteiger charge is 1.97. The van der Waals surface area contributed by atoms with Crippen molar-refractivity contribution in [2.24, 2.45) is 0 Å². The van der Waals surface area contributed by atoms with E-state index < -0.39 is 0 Å². The van der Waals surface area contributed by atoms with Gasteiger partial charge in [-0.1, -0.05) is 13.0 Å². The summed E-state index contributed by atoms with van der Waals surface area (Å²) >= 11 is 3.92. The Bertz CT molecular complexity index is 128. The zero-order valence-electron chi connectivity index (χ0n) is 9.33. The Labute approximate surface area is 97.1 Å². The van der Waals surface area contributed by atoms with Crippen LogP contribution in [0.15, 0.2) is 12.7 Å². The van der Waals surface area contributed by atoms with Crippen LogP contribution in [0, 0.1) is 0 Å². The molecule has 0 heterocycles. The summed E-state index contributed by atoms with van der Waals surface area (Å²) in [5.74, 6) is 4.64. The van der Waals surface area contributed by atoms with E-state index in [1.165, 1.54) is 11.5 Å². The molecule has 14 heavy (non-hydrogen) atoms. The lowest BCUT2D eigenvalue weighted by molar-refractivity contribution is 0.0759. The minimum Gasteiger partial charge on any atom is -0.378 e. The van der Waals surface area contributed by atoms with Gasteiger partial charge in [-0.15, -0.1) is 6.58 Å². The summed E-state index contributed by atoms with van der Waals surface area (Å²) in [6.45, 7) is 8.87. The maximum absolute atomic E-state index is 5.58. The smallest absolute Gasteiger partial charge is 0.0560 e. The van der Waals surface area contributed by atoms with E-state index in [4.69, 9.17) is 4.74 Å². The van der Waals surface area contributed by atoms with Crippen molar-refractivity contribution in [3.05, 3.63) is 12.7 Å². The second-order valence-corrected chi connectivity index (χ2v) is 5.44. The lowest BCUT2D eigenvalue weighted by Gasteiger charge is -2.09. The fraction of sp³-hybridized carbons (Fsp3) is 0.818. The molecular formula is C11H22OS2. The van der Waals surface area contributed by atoms with E-state index in [9.17, 15) is 0 Å². The van der Waals surface area contributed by atoms with Crippen molar-refractivity contribution in [2.75, 3.05) is 29.6 Å². The van der Waals surface area contributed by atoms with Gasteiger partial charge in [-0.05, 0) is 13.3 Å². The highest BCUT2D eigenvalue weighted by atomic mass is 32.2.